The molecular formula is C17H20N2O4S. The predicted octanol–water partition coefficient (Wildman–Crippen LogP) is 3.02. The first-order valence-electron chi connectivity index (χ1n) is 7.48. The van der Waals surface area contributed by atoms with Gasteiger partial charge in [0, 0.05) is 0 Å². The van der Waals surface area contributed by atoms with E-state index in [1.165, 1.54) is 0 Å². The molecule has 1 unspecified atom stereocenters. The van der Waals surface area contributed by atoms with Gasteiger partial charge in [-0.1, -0.05) is 12.1 Å². The number of aryl methyl sites for hydroxylation is 3. The molecule has 2 N–H and O–H groups in total. The highest BCUT2D eigenvalue weighted by Crippen LogP contribution is 2.23. The summed E-state index contributed by atoms with van der Waals surface area (Å²) in [4.78, 5) is 27.5. The summed E-state index contributed by atoms with van der Waals surface area (Å²) in [6.07, 6.45) is 0. The third kappa shape index (κ3) is 4.32. The van der Waals surface area contributed by atoms with E-state index in [0.717, 1.165) is 22.5 Å². The normalized spacial score (nSPS) is 11.8. The molecule has 0 spiro atoms. The Bertz CT molecular complexity index is 770. The number of nitrogens with zero attached hydrogens (tertiary/aromatic N) is 1. The first kappa shape index (κ1) is 17.9. The number of aromatic carboxylic acids is 1. The quantitative estimate of drug-likeness (QED) is 0.838. The van der Waals surface area contributed by atoms with Gasteiger partial charge in [-0.2, -0.15) is 0 Å². The van der Waals surface area contributed by atoms with Crippen LogP contribution in [0.4, 0.5) is 0 Å². The molecule has 1 aromatic carbocycles. The van der Waals surface area contributed by atoms with Gasteiger partial charge in [0.05, 0.1) is 11.7 Å². The number of carboxylic acids is 1. The third-order valence-corrected chi connectivity index (χ3v) is 4.79. The maximum absolute atomic E-state index is 12.0. The number of rotatable bonds is 6. The average molecular weight is 348 g/mol. The second kappa shape index (κ2) is 7.44. The SMILES string of the molecule is Cc1ccc(C)c(OCC(=O)NC(C)c2nc(C)c(C(=O)O)s2)c1. The average Bonchev–Trinajstić information content (AvgIpc) is 2.90. The number of benzene rings is 1. The molecule has 0 aliphatic carbocycles. The molecule has 0 radical (unpaired) electrons. The van der Waals surface area contributed by atoms with Crippen LogP contribution in [0, 0.1) is 20.8 Å². The molecule has 1 atom stereocenters. The Morgan fingerprint density at radius 3 is 2.67 bits per heavy atom. The molecule has 2 aromatic rings. The van der Waals surface area contributed by atoms with Crippen LogP contribution in [0.5, 0.6) is 5.75 Å². The lowest BCUT2D eigenvalue weighted by atomic mass is 10.1. The van der Waals surface area contributed by atoms with Gasteiger partial charge in [0.15, 0.2) is 6.61 Å². The van der Waals surface area contributed by atoms with Crippen LogP contribution in [0.2, 0.25) is 0 Å². The van der Waals surface area contributed by atoms with Crippen molar-refractivity contribution in [2.75, 3.05) is 6.61 Å². The Hall–Kier alpha value is -2.41. The third-order valence-electron chi connectivity index (χ3n) is 3.46. The second-order valence-corrected chi connectivity index (χ2v) is 6.65. The van der Waals surface area contributed by atoms with Gasteiger partial charge in [0.2, 0.25) is 0 Å². The second-order valence-electron chi connectivity index (χ2n) is 5.62. The lowest BCUT2D eigenvalue weighted by Crippen LogP contribution is -2.31. The minimum Gasteiger partial charge on any atom is -0.483 e. The van der Waals surface area contributed by atoms with Gasteiger partial charge >= 0.3 is 5.97 Å². The highest BCUT2D eigenvalue weighted by Gasteiger charge is 2.19. The standard InChI is InChI=1S/C17H20N2O4S/c1-9-5-6-10(2)13(7-9)23-8-14(20)18-12(4)16-19-11(3)15(24-16)17(21)22/h5-7,12H,8H2,1-4H3,(H,18,20)(H,21,22). The maximum atomic E-state index is 12.0. The van der Waals surface area contributed by atoms with Crippen molar-refractivity contribution in [2.24, 2.45) is 0 Å². The van der Waals surface area contributed by atoms with Crippen LogP contribution in [-0.2, 0) is 4.79 Å². The summed E-state index contributed by atoms with van der Waals surface area (Å²) in [5, 5.41) is 12.4. The molecule has 0 aliphatic rings. The number of hydrogen-bond acceptors (Lipinski definition) is 5. The number of nitrogens with one attached hydrogen (secondary N) is 1. The van der Waals surface area contributed by atoms with Crippen molar-refractivity contribution in [3.63, 3.8) is 0 Å². The molecule has 1 amide bonds. The van der Waals surface area contributed by atoms with Crippen molar-refractivity contribution in [1.29, 1.82) is 0 Å². The van der Waals surface area contributed by atoms with Crippen LogP contribution in [0.15, 0.2) is 18.2 Å². The molecule has 128 valence electrons. The van der Waals surface area contributed by atoms with E-state index in [0.29, 0.717) is 16.5 Å². The van der Waals surface area contributed by atoms with E-state index >= 15 is 0 Å². The van der Waals surface area contributed by atoms with Gasteiger partial charge in [0.1, 0.15) is 15.6 Å². The highest BCUT2D eigenvalue weighted by molar-refractivity contribution is 7.13. The van der Waals surface area contributed by atoms with Crippen molar-refractivity contribution in [1.82, 2.24) is 10.3 Å². The zero-order valence-electron chi connectivity index (χ0n) is 14.0. The molecule has 0 fully saturated rings. The van der Waals surface area contributed by atoms with Crippen LogP contribution in [-0.4, -0.2) is 28.6 Å². The van der Waals surface area contributed by atoms with E-state index in [2.05, 4.69) is 10.3 Å². The summed E-state index contributed by atoms with van der Waals surface area (Å²) in [5.74, 6) is -0.614. The number of thiazole rings is 1. The van der Waals surface area contributed by atoms with Crippen LogP contribution >= 0.6 is 11.3 Å². The van der Waals surface area contributed by atoms with E-state index in [4.69, 9.17) is 9.84 Å². The summed E-state index contributed by atoms with van der Waals surface area (Å²) >= 11 is 1.07. The first-order valence-corrected chi connectivity index (χ1v) is 8.29. The number of ether oxygens (including phenoxy) is 1. The molecular weight excluding hydrogens is 328 g/mol. The van der Waals surface area contributed by atoms with Crippen molar-refractivity contribution < 1.29 is 19.4 Å². The fourth-order valence-electron chi connectivity index (χ4n) is 2.15. The van der Waals surface area contributed by atoms with Crippen LogP contribution < -0.4 is 10.1 Å². The predicted molar refractivity (Wildman–Crippen MR) is 91.8 cm³/mol. The summed E-state index contributed by atoms with van der Waals surface area (Å²) in [6, 6.07) is 5.43. The Labute approximate surface area is 144 Å². The van der Waals surface area contributed by atoms with Crippen molar-refractivity contribution >= 4 is 23.2 Å². The van der Waals surface area contributed by atoms with E-state index in [9.17, 15) is 9.59 Å². The summed E-state index contributed by atoms with van der Waals surface area (Å²) in [6.45, 7) is 7.17. The minimum atomic E-state index is -1.01. The zero-order valence-corrected chi connectivity index (χ0v) is 14.9. The number of hydrogen-bond donors (Lipinski definition) is 2. The molecule has 2 rings (SSSR count). The molecule has 7 heteroatoms. The van der Waals surface area contributed by atoms with Crippen molar-refractivity contribution in [3.05, 3.63) is 44.9 Å². The largest absolute Gasteiger partial charge is 0.483 e. The number of carboxylic acid groups (broad SMARTS) is 1. The molecule has 0 bridgehead atoms. The summed E-state index contributed by atoms with van der Waals surface area (Å²) in [7, 11) is 0. The lowest BCUT2D eigenvalue weighted by molar-refractivity contribution is -0.123. The number of amides is 1. The number of aromatic nitrogens is 1. The Balaban J connectivity index is 1.95. The van der Waals surface area contributed by atoms with Crippen LogP contribution in [0.25, 0.3) is 0 Å². The van der Waals surface area contributed by atoms with Gasteiger partial charge < -0.3 is 15.2 Å². The van der Waals surface area contributed by atoms with Gasteiger partial charge in [-0.25, -0.2) is 9.78 Å². The van der Waals surface area contributed by atoms with Gasteiger partial charge in [-0.3, -0.25) is 4.79 Å². The number of carbonyl (C=O) groups excluding carboxylic acids is 1. The van der Waals surface area contributed by atoms with Gasteiger partial charge in [-0.05, 0) is 44.9 Å². The maximum Gasteiger partial charge on any atom is 0.347 e. The van der Waals surface area contributed by atoms with E-state index in [1.807, 2.05) is 32.0 Å². The topological polar surface area (TPSA) is 88.5 Å². The number of carbonyl (C=O) groups is 2. The van der Waals surface area contributed by atoms with Crippen molar-refractivity contribution in [2.45, 2.75) is 33.7 Å². The molecule has 24 heavy (non-hydrogen) atoms. The highest BCUT2D eigenvalue weighted by atomic mass is 32.1. The van der Waals surface area contributed by atoms with Crippen LogP contribution in [0.3, 0.4) is 0 Å². The first-order chi connectivity index (χ1) is 11.3. The molecule has 0 saturated carbocycles. The van der Waals surface area contributed by atoms with E-state index < -0.39 is 5.97 Å². The molecule has 1 heterocycles. The Kier molecular flexibility index (Phi) is 5.56. The lowest BCUT2D eigenvalue weighted by Gasteiger charge is -2.13. The van der Waals surface area contributed by atoms with E-state index in [1.54, 1.807) is 13.8 Å². The zero-order chi connectivity index (χ0) is 17.9. The van der Waals surface area contributed by atoms with Gasteiger partial charge in [-0.15, -0.1) is 11.3 Å². The molecule has 0 aliphatic heterocycles. The van der Waals surface area contributed by atoms with E-state index in [-0.39, 0.29) is 23.4 Å². The monoisotopic (exact) mass is 348 g/mol. The smallest absolute Gasteiger partial charge is 0.347 e. The molecule has 1 aromatic heterocycles. The Morgan fingerprint density at radius 2 is 2.04 bits per heavy atom. The van der Waals surface area contributed by atoms with Crippen LogP contribution in [0.1, 0.15) is 44.5 Å². The summed E-state index contributed by atoms with van der Waals surface area (Å²) in [5.41, 5.74) is 2.47. The Morgan fingerprint density at radius 1 is 1.33 bits per heavy atom. The molecule has 6 nitrogen and oxygen atoms in total. The fraction of sp³-hybridized carbons (Fsp3) is 0.353. The fourth-order valence-corrected chi connectivity index (χ4v) is 3.06. The minimum absolute atomic E-state index is 0.106. The van der Waals surface area contributed by atoms with Crippen molar-refractivity contribution in [3.8, 4) is 5.75 Å². The molecule has 0 saturated heterocycles. The summed E-state index contributed by atoms with van der Waals surface area (Å²) < 4.78 is 5.56. The van der Waals surface area contributed by atoms with Gasteiger partial charge in [0.25, 0.3) is 5.91 Å².